The van der Waals surface area contributed by atoms with E-state index in [1.165, 1.54) is 0 Å². The van der Waals surface area contributed by atoms with Crippen molar-refractivity contribution in [2.45, 2.75) is 49.7 Å². The van der Waals surface area contributed by atoms with Gasteiger partial charge in [-0.25, -0.2) is 4.99 Å². The molecule has 2 spiro atoms. The number of rotatable bonds is 2. The third kappa shape index (κ3) is 2.62. The van der Waals surface area contributed by atoms with Crippen molar-refractivity contribution in [1.29, 1.82) is 0 Å². The summed E-state index contributed by atoms with van der Waals surface area (Å²) in [5.74, 6) is -2.53. The van der Waals surface area contributed by atoms with Crippen LogP contribution < -0.4 is 5.73 Å². The summed E-state index contributed by atoms with van der Waals surface area (Å²) in [5.41, 5.74) is 7.39. The van der Waals surface area contributed by atoms with E-state index >= 15 is 0 Å². The molecule has 0 radical (unpaired) electrons. The van der Waals surface area contributed by atoms with Gasteiger partial charge in [0.05, 0.1) is 11.1 Å². The second-order valence-electron chi connectivity index (χ2n) is 8.53. The van der Waals surface area contributed by atoms with Crippen LogP contribution in [0.5, 0.6) is 0 Å². The SMILES string of the molecule is COC1CCC2(CC1)Cc1ccc(-c3cncc(Cl)c3)cc1C21N=C(N)OC1(O)O. The van der Waals surface area contributed by atoms with Crippen molar-refractivity contribution >= 4 is 17.6 Å². The average molecular weight is 430 g/mol. The molecule has 1 saturated carbocycles. The number of amidine groups is 1. The molecule has 2 heterocycles. The van der Waals surface area contributed by atoms with E-state index in [1.807, 2.05) is 24.3 Å². The number of hydrogen-bond acceptors (Lipinski definition) is 7. The Balaban J connectivity index is 1.68. The summed E-state index contributed by atoms with van der Waals surface area (Å²) in [7, 11) is 1.71. The fourth-order valence-corrected chi connectivity index (χ4v) is 5.87. The van der Waals surface area contributed by atoms with Crippen LogP contribution in [0.1, 0.15) is 36.8 Å². The van der Waals surface area contributed by atoms with E-state index in [0.717, 1.165) is 47.9 Å². The molecule has 2 aliphatic carbocycles. The van der Waals surface area contributed by atoms with Crippen molar-refractivity contribution in [1.82, 2.24) is 4.98 Å². The maximum atomic E-state index is 11.1. The molecule has 158 valence electrons. The molecule has 1 aliphatic heterocycles. The van der Waals surface area contributed by atoms with Crippen LogP contribution in [0.3, 0.4) is 0 Å². The molecule has 0 bridgehead atoms. The largest absolute Gasteiger partial charge is 0.405 e. The quantitative estimate of drug-likeness (QED) is 0.633. The van der Waals surface area contributed by atoms with Crippen LogP contribution in [-0.4, -0.2) is 40.4 Å². The van der Waals surface area contributed by atoms with Crippen molar-refractivity contribution in [3.8, 4) is 11.1 Å². The molecule has 5 rings (SSSR count). The number of methoxy groups -OCH3 is 1. The van der Waals surface area contributed by atoms with Gasteiger partial charge in [0.2, 0.25) is 0 Å². The number of nitrogens with zero attached hydrogens (tertiary/aromatic N) is 2. The van der Waals surface area contributed by atoms with Crippen LogP contribution in [0.4, 0.5) is 0 Å². The predicted molar refractivity (Wildman–Crippen MR) is 112 cm³/mol. The summed E-state index contributed by atoms with van der Waals surface area (Å²) < 4.78 is 10.8. The summed E-state index contributed by atoms with van der Waals surface area (Å²) in [6, 6.07) is 7.57. The highest BCUT2D eigenvalue weighted by atomic mass is 35.5. The number of aliphatic hydroxyl groups is 2. The van der Waals surface area contributed by atoms with E-state index < -0.39 is 16.9 Å². The predicted octanol–water partition coefficient (Wildman–Crippen LogP) is 2.71. The molecule has 0 saturated heterocycles. The van der Waals surface area contributed by atoms with Crippen LogP contribution in [0.25, 0.3) is 11.1 Å². The van der Waals surface area contributed by atoms with Gasteiger partial charge < -0.3 is 25.4 Å². The number of halogens is 1. The van der Waals surface area contributed by atoms with Gasteiger partial charge in [0, 0.05) is 30.5 Å². The number of fused-ring (bicyclic) bond motifs is 3. The van der Waals surface area contributed by atoms with E-state index in [4.69, 9.17) is 26.8 Å². The van der Waals surface area contributed by atoms with Gasteiger partial charge in [-0.1, -0.05) is 23.7 Å². The number of benzene rings is 1. The summed E-state index contributed by atoms with van der Waals surface area (Å²) >= 11 is 6.13. The molecule has 1 unspecified atom stereocenters. The van der Waals surface area contributed by atoms with E-state index in [0.29, 0.717) is 11.4 Å². The lowest BCUT2D eigenvalue weighted by Crippen LogP contribution is -2.58. The Morgan fingerprint density at radius 3 is 2.57 bits per heavy atom. The van der Waals surface area contributed by atoms with Gasteiger partial charge in [0.25, 0.3) is 6.02 Å². The van der Waals surface area contributed by atoms with Gasteiger partial charge in [-0.05, 0) is 60.9 Å². The van der Waals surface area contributed by atoms with Crippen molar-refractivity contribution < 1.29 is 19.7 Å². The van der Waals surface area contributed by atoms with Gasteiger partial charge in [-0.3, -0.25) is 4.98 Å². The zero-order chi connectivity index (χ0) is 21.1. The smallest absolute Gasteiger partial charge is 0.356 e. The van der Waals surface area contributed by atoms with Gasteiger partial charge in [0.15, 0.2) is 5.54 Å². The summed E-state index contributed by atoms with van der Waals surface area (Å²) in [4.78, 5) is 8.75. The van der Waals surface area contributed by atoms with E-state index in [9.17, 15) is 10.2 Å². The maximum Gasteiger partial charge on any atom is 0.356 e. The molecule has 1 aromatic heterocycles. The first-order chi connectivity index (χ1) is 14.3. The van der Waals surface area contributed by atoms with Crippen molar-refractivity contribution in [3.05, 3.63) is 52.8 Å². The third-order valence-corrected chi connectivity index (χ3v) is 7.26. The molecule has 7 nitrogen and oxygen atoms in total. The lowest BCUT2D eigenvalue weighted by molar-refractivity contribution is -0.347. The Labute approximate surface area is 179 Å². The monoisotopic (exact) mass is 429 g/mol. The zero-order valence-electron chi connectivity index (χ0n) is 16.6. The molecule has 2 aromatic rings. The highest BCUT2D eigenvalue weighted by Crippen LogP contribution is 2.65. The summed E-state index contributed by atoms with van der Waals surface area (Å²) in [5, 5.41) is 22.7. The molecular formula is C22H24ClN3O4. The molecule has 0 amide bonds. The minimum atomic E-state index is -2.53. The Kier molecular flexibility index (Phi) is 4.38. The van der Waals surface area contributed by atoms with Crippen molar-refractivity contribution in [3.63, 3.8) is 0 Å². The van der Waals surface area contributed by atoms with E-state index in [-0.39, 0.29) is 12.1 Å². The Morgan fingerprint density at radius 2 is 1.93 bits per heavy atom. The van der Waals surface area contributed by atoms with Gasteiger partial charge in [-0.15, -0.1) is 0 Å². The minimum absolute atomic E-state index is 0.153. The molecule has 1 atom stereocenters. The van der Waals surface area contributed by atoms with Crippen molar-refractivity contribution in [2.75, 3.05) is 7.11 Å². The first kappa shape index (κ1) is 19.8. The van der Waals surface area contributed by atoms with Crippen LogP contribution in [-0.2, 0) is 21.4 Å². The second kappa shape index (κ2) is 6.65. The molecule has 8 heteroatoms. The maximum absolute atomic E-state index is 11.1. The Hall–Kier alpha value is -2.19. The standard InChI is InChI=1S/C22H24ClN3O4/c1-29-17-4-6-20(7-5-17)10-14-3-2-13(15-8-16(23)12-25-11-15)9-18(14)21(20)22(27,28)30-19(24)26-21/h2-3,8-9,11-12,17,27-28H,4-7,10H2,1H3,(H2,24,26). The zero-order valence-corrected chi connectivity index (χ0v) is 17.4. The fourth-order valence-electron chi connectivity index (χ4n) is 5.69. The van der Waals surface area contributed by atoms with Crippen LogP contribution in [0, 0.1) is 5.41 Å². The number of aromatic nitrogens is 1. The normalized spacial score (nSPS) is 31.6. The molecular weight excluding hydrogens is 406 g/mol. The molecule has 30 heavy (non-hydrogen) atoms. The van der Waals surface area contributed by atoms with Gasteiger partial charge in [0.1, 0.15) is 0 Å². The van der Waals surface area contributed by atoms with Crippen LogP contribution in [0.15, 0.2) is 41.7 Å². The van der Waals surface area contributed by atoms with E-state index in [2.05, 4.69) is 9.98 Å². The first-order valence-electron chi connectivity index (χ1n) is 10.1. The van der Waals surface area contributed by atoms with Crippen molar-refractivity contribution in [2.24, 2.45) is 16.1 Å². The minimum Gasteiger partial charge on any atom is -0.405 e. The van der Waals surface area contributed by atoms with Gasteiger partial charge >= 0.3 is 5.97 Å². The molecule has 3 aliphatic rings. The average Bonchev–Trinajstić information content (AvgIpc) is 3.13. The molecule has 4 N–H and O–H groups in total. The molecule has 1 aromatic carbocycles. The number of hydrogen-bond donors (Lipinski definition) is 3. The summed E-state index contributed by atoms with van der Waals surface area (Å²) in [6.07, 6.45) is 7.17. The number of nitrogens with two attached hydrogens (primary N) is 1. The van der Waals surface area contributed by atoms with Gasteiger partial charge in [-0.2, -0.15) is 0 Å². The van der Waals surface area contributed by atoms with E-state index in [1.54, 1.807) is 19.5 Å². The number of aliphatic imine (C=N–C) groups is 1. The first-order valence-corrected chi connectivity index (χ1v) is 10.4. The lowest BCUT2D eigenvalue weighted by atomic mass is 9.60. The number of ether oxygens (including phenoxy) is 2. The topological polar surface area (TPSA) is 110 Å². The Bertz CT molecular complexity index is 1030. The summed E-state index contributed by atoms with van der Waals surface area (Å²) in [6.45, 7) is 0. The number of pyridine rings is 1. The third-order valence-electron chi connectivity index (χ3n) is 7.05. The second-order valence-corrected chi connectivity index (χ2v) is 8.96. The fraction of sp³-hybridized carbons (Fsp3) is 0.455. The van der Waals surface area contributed by atoms with Crippen LogP contribution in [0.2, 0.25) is 5.02 Å². The Morgan fingerprint density at radius 1 is 1.17 bits per heavy atom. The molecule has 1 fully saturated rings. The van der Waals surface area contributed by atoms with Crippen LogP contribution >= 0.6 is 11.6 Å². The highest BCUT2D eigenvalue weighted by molar-refractivity contribution is 6.30. The lowest BCUT2D eigenvalue weighted by Gasteiger charge is -2.48. The highest BCUT2D eigenvalue weighted by Gasteiger charge is 2.72.